The lowest BCUT2D eigenvalue weighted by Gasteiger charge is -1.89. The first-order valence-electron chi connectivity index (χ1n) is 3.76. The summed E-state index contributed by atoms with van der Waals surface area (Å²) in [6.07, 6.45) is 1.65. The third kappa shape index (κ3) is 16.0. The summed E-state index contributed by atoms with van der Waals surface area (Å²) in [4.78, 5) is 23.5. The van der Waals surface area contributed by atoms with E-state index in [1.165, 1.54) is 0 Å². The zero-order chi connectivity index (χ0) is 9.98. The van der Waals surface area contributed by atoms with E-state index in [0.717, 1.165) is 6.42 Å². The average Bonchev–Trinajstić information content (AvgIpc) is 2.06. The molecule has 0 aliphatic heterocycles. The molecular formula is C7H16N2O3. The van der Waals surface area contributed by atoms with E-state index in [0.29, 0.717) is 12.8 Å². The molecule has 0 saturated heterocycles. The molecule has 0 aromatic carbocycles. The highest BCUT2D eigenvalue weighted by Crippen LogP contribution is 1.85. The maximum absolute atomic E-state index is 10.1. The maximum atomic E-state index is 10.1. The van der Waals surface area contributed by atoms with Gasteiger partial charge in [-0.2, -0.15) is 5.90 Å². The fraction of sp³-hybridized carbons (Fsp3) is 0.714. The summed E-state index contributed by atoms with van der Waals surface area (Å²) in [5, 5.41) is 0. The summed E-state index contributed by atoms with van der Waals surface area (Å²) in [7, 11) is 0. The Kier molecular flexibility index (Phi) is 11.1. The molecule has 0 aliphatic rings. The third-order valence-electron chi connectivity index (χ3n) is 0.934. The highest BCUT2D eigenvalue weighted by molar-refractivity contribution is 5.73. The molecule has 0 spiro atoms. The molecule has 0 aliphatic carbocycles. The number of hydrogen-bond donors (Lipinski definition) is 2. The molecule has 0 aromatic rings. The minimum Gasteiger partial charge on any atom is -0.373 e. The molecular weight excluding hydrogens is 160 g/mol. The minimum atomic E-state index is -0.345. The lowest BCUT2D eigenvalue weighted by Crippen LogP contribution is -2.08. The van der Waals surface area contributed by atoms with Crippen molar-refractivity contribution in [1.82, 2.24) is 0 Å². The van der Waals surface area contributed by atoms with Crippen LogP contribution in [0.25, 0.3) is 0 Å². The smallest absolute Gasteiger partial charge is 0.324 e. The van der Waals surface area contributed by atoms with E-state index >= 15 is 0 Å². The Morgan fingerprint density at radius 2 is 1.75 bits per heavy atom. The van der Waals surface area contributed by atoms with Crippen molar-refractivity contribution in [3.05, 3.63) is 0 Å². The predicted octanol–water partition coefficient (Wildman–Crippen LogP) is 0.0851. The number of hydrogen-bond acceptors (Lipinski definition) is 4. The summed E-state index contributed by atoms with van der Waals surface area (Å²) in [5.41, 5.74) is 4.65. The SMILES string of the molecule is CCC(N)=O.CCCC(=O)ON. The predicted molar refractivity (Wildman–Crippen MR) is 44.7 cm³/mol. The van der Waals surface area contributed by atoms with Gasteiger partial charge in [0.2, 0.25) is 5.91 Å². The molecule has 12 heavy (non-hydrogen) atoms. The normalized spacial score (nSPS) is 7.92. The van der Waals surface area contributed by atoms with Gasteiger partial charge >= 0.3 is 5.97 Å². The van der Waals surface area contributed by atoms with Crippen LogP contribution in [0, 0.1) is 0 Å². The maximum Gasteiger partial charge on any atom is 0.324 e. The van der Waals surface area contributed by atoms with Crippen molar-refractivity contribution in [3.63, 3.8) is 0 Å². The first-order chi connectivity index (χ1) is 5.58. The van der Waals surface area contributed by atoms with Crippen molar-refractivity contribution >= 4 is 11.9 Å². The van der Waals surface area contributed by atoms with Crippen LogP contribution in [-0.4, -0.2) is 11.9 Å². The van der Waals surface area contributed by atoms with E-state index in [1.807, 2.05) is 6.92 Å². The molecule has 5 nitrogen and oxygen atoms in total. The van der Waals surface area contributed by atoms with Crippen LogP contribution in [0.4, 0.5) is 0 Å². The first kappa shape index (κ1) is 13.5. The number of primary amides is 1. The van der Waals surface area contributed by atoms with Crippen molar-refractivity contribution in [2.24, 2.45) is 11.6 Å². The van der Waals surface area contributed by atoms with Gasteiger partial charge in [-0.25, -0.2) is 0 Å². The number of carbonyl (C=O) groups is 2. The van der Waals surface area contributed by atoms with Gasteiger partial charge in [-0.05, 0) is 6.42 Å². The topological polar surface area (TPSA) is 95.4 Å². The summed E-state index contributed by atoms with van der Waals surface area (Å²) in [6, 6.07) is 0. The lowest BCUT2D eigenvalue weighted by atomic mass is 10.3. The van der Waals surface area contributed by atoms with Gasteiger partial charge in [0.05, 0.1) is 0 Å². The van der Waals surface area contributed by atoms with Gasteiger partial charge in [0, 0.05) is 12.8 Å². The van der Waals surface area contributed by atoms with Gasteiger partial charge < -0.3 is 10.6 Å². The van der Waals surface area contributed by atoms with Gasteiger partial charge in [0.1, 0.15) is 0 Å². The van der Waals surface area contributed by atoms with Crippen LogP contribution >= 0.6 is 0 Å². The number of amides is 1. The van der Waals surface area contributed by atoms with Crippen LogP contribution in [0.3, 0.4) is 0 Å². The average molecular weight is 176 g/mol. The van der Waals surface area contributed by atoms with E-state index in [4.69, 9.17) is 0 Å². The van der Waals surface area contributed by atoms with Crippen molar-refractivity contribution in [2.75, 3.05) is 0 Å². The Morgan fingerprint density at radius 3 is 1.83 bits per heavy atom. The molecule has 1 amide bonds. The quantitative estimate of drug-likeness (QED) is 0.595. The standard InChI is InChI=1S/C4H9NO2.C3H7NO/c1-2-3-4(6)7-5;1-2-3(4)5/h2-3,5H2,1H3;2H2,1H3,(H2,4,5). The number of carbonyl (C=O) groups excluding carboxylic acids is 2. The molecule has 5 heteroatoms. The fourth-order valence-corrected chi connectivity index (χ4v) is 0.263. The first-order valence-corrected chi connectivity index (χ1v) is 3.76. The Hall–Kier alpha value is -1.10. The zero-order valence-corrected chi connectivity index (χ0v) is 7.50. The van der Waals surface area contributed by atoms with Gasteiger partial charge in [0.25, 0.3) is 0 Å². The summed E-state index contributed by atoms with van der Waals surface area (Å²) in [5.74, 6) is 3.92. The molecule has 0 rings (SSSR count). The van der Waals surface area contributed by atoms with Crippen molar-refractivity contribution < 1.29 is 14.4 Å². The van der Waals surface area contributed by atoms with Gasteiger partial charge in [-0.1, -0.05) is 13.8 Å². The van der Waals surface area contributed by atoms with E-state index < -0.39 is 0 Å². The second-order valence-corrected chi connectivity index (χ2v) is 2.06. The Balaban J connectivity index is 0. The lowest BCUT2D eigenvalue weighted by molar-refractivity contribution is -0.144. The Morgan fingerprint density at radius 1 is 1.33 bits per heavy atom. The summed E-state index contributed by atoms with van der Waals surface area (Å²) < 4.78 is 0. The van der Waals surface area contributed by atoms with Crippen molar-refractivity contribution in [2.45, 2.75) is 33.1 Å². The van der Waals surface area contributed by atoms with Crippen LogP contribution in [0.2, 0.25) is 0 Å². The molecule has 0 aromatic heterocycles. The van der Waals surface area contributed by atoms with E-state index in [1.54, 1.807) is 6.92 Å². The summed E-state index contributed by atoms with van der Waals surface area (Å²) >= 11 is 0. The minimum absolute atomic E-state index is 0.245. The van der Waals surface area contributed by atoms with E-state index in [-0.39, 0.29) is 11.9 Å². The van der Waals surface area contributed by atoms with Crippen molar-refractivity contribution in [1.29, 1.82) is 0 Å². The second kappa shape index (κ2) is 9.90. The molecule has 0 radical (unpaired) electrons. The van der Waals surface area contributed by atoms with Crippen LogP contribution in [0.1, 0.15) is 33.1 Å². The molecule has 0 atom stereocenters. The molecule has 0 saturated carbocycles. The Bertz CT molecular complexity index is 137. The van der Waals surface area contributed by atoms with Crippen LogP contribution < -0.4 is 11.6 Å². The van der Waals surface area contributed by atoms with Gasteiger partial charge in [-0.15, -0.1) is 0 Å². The van der Waals surface area contributed by atoms with Crippen molar-refractivity contribution in [3.8, 4) is 0 Å². The molecule has 4 N–H and O–H groups in total. The third-order valence-corrected chi connectivity index (χ3v) is 0.934. The molecule has 0 bridgehead atoms. The number of rotatable bonds is 3. The Labute approximate surface area is 72.0 Å². The molecule has 0 heterocycles. The largest absolute Gasteiger partial charge is 0.373 e. The van der Waals surface area contributed by atoms with Crippen LogP contribution in [0.15, 0.2) is 0 Å². The number of nitrogens with two attached hydrogens (primary N) is 2. The van der Waals surface area contributed by atoms with Gasteiger partial charge in [-0.3, -0.25) is 9.59 Å². The fourth-order valence-electron chi connectivity index (χ4n) is 0.263. The molecule has 0 fully saturated rings. The monoisotopic (exact) mass is 176 g/mol. The van der Waals surface area contributed by atoms with Crippen LogP contribution in [-0.2, 0) is 14.4 Å². The molecule has 0 unspecified atom stereocenters. The summed E-state index contributed by atoms with van der Waals surface area (Å²) in [6.45, 7) is 3.61. The zero-order valence-electron chi connectivity index (χ0n) is 7.50. The van der Waals surface area contributed by atoms with E-state index in [9.17, 15) is 9.59 Å². The second-order valence-electron chi connectivity index (χ2n) is 2.06. The highest BCUT2D eigenvalue weighted by Gasteiger charge is 1.93. The highest BCUT2D eigenvalue weighted by atomic mass is 16.7. The van der Waals surface area contributed by atoms with Gasteiger partial charge in [0.15, 0.2) is 0 Å². The van der Waals surface area contributed by atoms with Crippen LogP contribution in [0.5, 0.6) is 0 Å². The molecule has 72 valence electrons. The van der Waals surface area contributed by atoms with E-state index in [2.05, 4.69) is 16.5 Å².